The summed E-state index contributed by atoms with van der Waals surface area (Å²) < 4.78 is 11.2. The molecule has 6 heteroatoms. The number of aliphatic hydroxyl groups excluding tert-OH is 1. The van der Waals surface area contributed by atoms with E-state index in [2.05, 4.69) is 26.5 Å². The van der Waals surface area contributed by atoms with Crippen LogP contribution in [0.3, 0.4) is 0 Å². The first kappa shape index (κ1) is 13.8. The number of ether oxygens (including phenoxy) is 2. The Morgan fingerprint density at radius 3 is 2.76 bits per heavy atom. The minimum Gasteiger partial charge on any atom is -0.493 e. The van der Waals surface area contributed by atoms with Crippen molar-refractivity contribution in [2.45, 2.75) is 0 Å². The van der Waals surface area contributed by atoms with Gasteiger partial charge in [0.25, 0.3) is 0 Å². The van der Waals surface area contributed by atoms with Gasteiger partial charge in [0, 0.05) is 0 Å². The van der Waals surface area contributed by atoms with E-state index >= 15 is 0 Å². The third kappa shape index (κ3) is 3.90. The maximum atomic E-state index is 8.58. The Balaban J connectivity index is 2.87. The number of rotatable bonds is 6. The molecule has 1 aromatic carbocycles. The van der Waals surface area contributed by atoms with E-state index in [0.717, 1.165) is 10.0 Å². The fraction of sp³-hybridized carbons (Fsp3) is 0.364. The summed E-state index contributed by atoms with van der Waals surface area (Å²) in [5.74, 6) is 1.28. The van der Waals surface area contributed by atoms with Gasteiger partial charge in [0.05, 0.1) is 38.1 Å². The van der Waals surface area contributed by atoms with Gasteiger partial charge in [-0.3, -0.25) is 0 Å². The summed E-state index contributed by atoms with van der Waals surface area (Å²) in [6, 6.07) is 3.68. The van der Waals surface area contributed by atoms with Crippen molar-refractivity contribution >= 4 is 22.1 Å². The average molecular weight is 303 g/mol. The van der Waals surface area contributed by atoms with Crippen LogP contribution in [0.2, 0.25) is 0 Å². The molecule has 0 aliphatic heterocycles. The maximum absolute atomic E-state index is 8.58. The summed E-state index contributed by atoms with van der Waals surface area (Å²) in [6.45, 7) is 0.470. The van der Waals surface area contributed by atoms with E-state index in [9.17, 15) is 0 Å². The number of hydrogen-bond acceptors (Lipinski definition) is 5. The number of benzene rings is 1. The molecule has 0 aromatic heterocycles. The predicted molar refractivity (Wildman–Crippen MR) is 69.9 cm³/mol. The Bertz CT molecular complexity index is 397. The summed E-state index contributed by atoms with van der Waals surface area (Å²) in [5, 5.41) is 12.5. The molecule has 2 N–H and O–H groups in total. The lowest BCUT2D eigenvalue weighted by molar-refractivity contribution is 0.294. The van der Waals surface area contributed by atoms with Crippen LogP contribution in [0, 0.1) is 0 Å². The molecule has 0 atom stereocenters. The summed E-state index contributed by atoms with van der Waals surface area (Å²) in [7, 11) is 3.16. The van der Waals surface area contributed by atoms with Gasteiger partial charge in [0.2, 0.25) is 0 Å². The van der Waals surface area contributed by atoms with Crippen molar-refractivity contribution in [3.05, 3.63) is 22.2 Å². The van der Waals surface area contributed by atoms with Gasteiger partial charge in [-0.1, -0.05) is 0 Å². The van der Waals surface area contributed by atoms with Crippen LogP contribution >= 0.6 is 15.9 Å². The standard InChI is InChI=1S/C11H15BrN2O3/c1-16-10-6-8(7-14-13-3-4-15)5-9(12)11(10)17-2/h5-7,13,15H,3-4H2,1-2H3. The summed E-state index contributed by atoms with van der Waals surface area (Å²) in [4.78, 5) is 0. The minimum atomic E-state index is 0.0486. The van der Waals surface area contributed by atoms with Crippen LogP contribution in [0.25, 0.3) is 0 Å². The van der Waals surface area contributed by atoms with Crippen molar-refractivity contribution in [2.75, 3.05) is 27.4 Å². The topological polar surface area (TPSA) is 63.1 Å². The highest BCUT2D eigenvalue weighted by Gasteiger charge is 2.09. The highest BCUT2D eigenvalue weighted by Crippen LogP contribution is 2.35. The van der Waals surface area contributed by atoms with Gasteiger partial charge < -0.3 is 20.0 Å². The molecule has 17 heavy (non-hydrogen) atoms. The van der Waals surface area contributed by atoms with Crippen molar-refractivity contribution in [3.63, 3.8) is 0 Å². The first-order chi connectivity index (χ1) is 8.22. The van der Waals surface area contributed by atoms with Gasteiger partial charge in [0.1, 0.15) is 0 Å². The Kier molecular flexibility index (Phi) is 5.79. The van der Waals surface area contributed by atoms with E-state index < -0.39 is 0 Å². The fourth-order valence-corrected chi connectivity index (χ4v) is 1.87. The second-order valence-electron chi connectivity index (χ2n) is 3.13. The van der Waals surface area contributed by atoms with Gasteiger partial charge >= 0.3 is 0 Å². The molecule has 0 saturated carbocycles. The van der Waals surface area contributed by atoms with E-state index in [1.54, 1.807) is 20.4 Å². The average Bonchev–Trinajstić information content (AvgIpc) is 2.34. The number of methoxy groups -OCH3 is 2. The van der Waals surface area contributed by atoms with E-state index in [1.807, 2.05) is 12.1 Å². The summed E-state index contributed by atoms with van der Waals surface area (Å²) >= 11 is 3.39. The zero-order valence-electron chi connectivity index (χ0n) is 9.74. The number of nitrogens with one attached hydrogen (secondary N) is 1. The SMILES string of the molecule is COc1cc(C=NNCCO)cc(Br)c1OC. The van der Waals surface area contributed by atoms with Gasteiger partial charge in [-0.25, -0.2) is 0 Å². The molecular weight excluding hydrogens is 288 g/mol. The van der Waals surface area contributed by atoms with Crippen LogP contribution in [-0.2, 0) is 0 Å². The van der Waals surface area contributed by atoms with Gasteiger partial charge in [-0.2, -0.15) is 5.10 Å². The molecule has 0 aliphatic carbocycles. The van der Waals surface area contributed by atoms with Crippen molar-refractivity contribution < 1.29 is 14.6 Å². The lowest BCUT2D eigenvalue weighted by Gasteiger charge is -2.10. The monoisotopic (exact) mass is 302 g/mol. The van der Waals surface area contributed by atoms with E-state index in [0.29, 0.717) is 18.0 Å². The predicted octanol–water partition coefficient (Wildman–Crippen LogP) is 1.38. The second kappa shape index (κ2) is 7.13. The van der Waals surface area contributed by atoms with Crippen LogP contribution in [0.4, 0.5) is 0 Å². The molecular formula is C11H15BrN2O3. The molecule has 1 aromatic rings. The van der Waals surface area contributed by atoms with E-state index in [1.165, 1.54) is 0 Å². The normalized spacial score (nSPS) is 10.6. The molecule has 0 bridgehead atoms. The van der Waals surface area contributed by atoms with Crippen LogP contribution in [0.1, 0.15) is 5.56 Å². The van der Waals surface area contributed by atoms with Gasteiger partial charge in [-0.15, -0.1) is 0 Å². The molecule has 0 fully saturated rings. The zero-order valence-corrected chi connectivity index (χ0v) is 11.3. The number of halogens is 1. The second-order valence-corrected chi connectivity index (χ2v) is 3.98. The molecule has 0 unspecified atom stereocenters. The van der Waals surface area contributed by atoms with Crippen LogP contribution in [-0.4, -0.2) is 38.7 Å². The Labute approximate surface area is 109 Å². The zero-order chi connectivity index (χ0) is 12.7. The number of nitrogens with zero attached hydrogens (tertiary/aromatic N) is 1. The molecule has 0 heterocycles. The molecule has 1 rings (SSSR count). The minimum absolute atomic E-state index is 0.0486. The fourth-order valence-electron chi connectivity index (χ4n) is 1.25. The number of aliphatic hydroxyl groups is 1. The maximum Gasteiger partial charge on any atom is 0.174 e. The lowest BCUT2D eigenvalue weighted by Crippen LogP contribution is -2.11. The van der Waals surface area contributed by atoms with Crippen molar-refractivity contribution in [3.8, 4) is 11.5 Å². The molecule has 0 amide bonds. The summed E-state index contributed by atoms with van der Waals surface area (Å²) in [6.07, 6.45) is 1.64. The smallest absolute Gasteiger partial charge is 0.174 e. The lowest BCUT2D eigenvalue weighted by atomic mass is 10.2. The van der Waals surface area contributed by atoms with Gasteiger partial charge in [-0.05, 0) is 33.6 Å². The number of hydrazone groups is 1. The number of hydrogen-bond donors (Lipinski definition) is 2. The molecule has 0 saturated heterocycles. The van der Waals surface area contributed by atoms with E-state index in [4.69, 9.17) is 14.6 Å². The van der Waals surface area contributed by atoms with Crippen LogP contribution in [0.15, 0.2) is 21.7 Å². The molecule has 0 aliphatic rings. The Morgan fingerprint density at radius 1 is 1.41 bits per heavy atom. The largest absolute Gasteiger partial charge is 0.493 e. The van der Waals surface area contributed by atoms with Crippen LogP contribution in [0.5, 0.6) is 11.5 Å². The Morgan fingerprint density at radius 2 is 2.18 bits per heavy atom. The third-order valence-corrected chi connectivity index (χ3v) is 2.57. The van der Waals surface area contributed by atoms with Gasteiger partial charge in [0.15, 0.2) is 11.5 Å². The highest BCUT2D eigenvalue weighted by atomic mass is 79.9. The molecule has 0 spiro atoms. The molecule has 0 radical (unpaired) electrons. The molecule has 5 nitrogen and oxygen atoms in total. The first-order valence-corrected chi connectivity index (χ1v) is 5.80. The highest BCUT2D eigenvalue weighted by molar-refractivity contribution is 9.10. The first-order valence-electron chi connectivity index (χ1n) is 5.01. The third-order valence-electron chi connectivity index (χ3n) is 1.98. The van der Waals surface area contributed by atoms with E-state index in [-0.39, 0.29) is 6.61 Å². The molecule has 94 valence electrons. The quantitative estimate of drug-likeness (QED) is 0.473. The van der Waals surface area contributed by atoms with Crippen LogP contribution < -0.4 is 14.9 Å². The summed E-state index contributed by atoms with van der Waals surface area (Å²) in [5.41, 5.74) is 3.56. The van der Waals surface area contributed by atoms with Crippen molar-refractivity contribution in [1.29, 1.82) is 0 Å². The Hall–Kier alpha value is -1.27. The van der Waals surface area contributed by atoms with Crippen molar-refractivity contribution in [1.82, 2.24) is 5.43 Å². The van der Waals surface area contributed by atoms with Crippen molar-refractivity contribution in [2.24, 2.45) is 5.10 Å².